The first kappa shape index (κ1) is 20.2. The molecule has 0 bridgehead atoms. The molecule has 1 saturated carbocycles. The number of hydrogen-bond acceptors (Lipinski definition) is 6. The summed E-state index contributed by atoms with van der Waals surface area (Å²) in [6, 6.07) is 3.61. The highest BCUT2D eigenvalue weighted by Crippen LogP contribution is 2.38. The van der Waals surface area contributed by atoms with Crippen molar-refractivity contribution < 1.29 is 19.0 Å². The van der Waals surface area contributed by atoms with E-state index in [1.54, 1.807) is 20.3 Å². The molecule has 1 heterocycles. The number of benzene rings is 1. The standard InChI is InChI=1S/C21H28N2O5/c1-26-17-10-9-16-19(20(17)28-3)15(13-14-7-5-4-6-8-14)22-21(25)23(16)12-11-18(24)27-2/h9-10,14H,4-8,11-13H2,1-3H3. The molecule has 0 saturated heterocycles. The summed E-state index contributed by atoms with van der Waals surface area (Å²) in [5.41, 5.74) is 1.10. The van der Waals surface area contributed by atoms with Crippen LogP contribution >= 0.6 is 0 Å². The van der Waals surface area contributed by atoms with E-state index < -0.39 is 0 Å². The van der Waals surface area contributed by atoms with Gasteiger partial charge in [-0.2, -0.15) is 4.98 Å². The molecular weight excluding hydrogens is 360 g/mol. The van der Waals surface area contributed by atoms with Gasteiger partial charge >= 0.3 is 11.7 Å². The van der Waals surface area contributed by atoms with Gasteiger partial charge < -0.3 is 14.2 Å². The zero-order chi connectivity index (χ0) is 20.1. The van der Waals surface area contributed by atoms with Crippen LogP contribution in [0.4, 0.5) is 0 Å². The fraction of sp³-hybridized carbons (Fsp3) is 0.571. The molecule has 1 aliphatic carbocycles. The number of aryl methyl sites for hydroxylation is 1. The average molecular weight is 388 g/mol. The minimum Gasteiger partial charge on any atom is -0.493 e. The van der Waals surface area contributed by atoms with Gasteiger partial charge in [-0.15, -0.1) is 0 Å². The van der Waals surface area contributed by atoms with E-state index in [1.165, 1.54) is 30.9 Å². The van der Waals surface area contributed by atoms with Crippen LogP contribution < -0.4 is 15.2 Å². The second kappa shape index (κ2) is 9.08. The van der Waals surface area contributed by atoms with Gasteiger partial charge in [0.2, 0.25) is 0 Å². The highest BCUT2D eigenvalue weighted by molar-refractivity contribution is 5.90. The summed E-state index contributed by atoms with van der Waals surface area (Å²) in [4.78, 5) is 28.8. The lowest BCUT2D eigenvalue weighted by atomic mass is 9.85. The zero-order valence-corrected chi connectivity index (χ0v) is 16.8. The molecule has 0 unspecified atom stereocenters. The Balaban J connectivity index is 2.13. The largest absolute Gasteiger partial charge is 0.493 e. The summed E-state index contributed by atoms with van der Waals surface area (Å²) in [5.74, 6) is 1.32. The van der Waals surface area contributed by atoms with Gasteiger partial charge in [0.05, 0.1) is 44.3 Å². The maximum atomic E-state index is 12.8. The van der Waals surface area contributed by atoms with Gasteiger partial charge in [0.1, 0.15) is 0 Å². The van der Waals surface area contributed by atoms with Crippen molar-refractivity contribution in [1.29, 1.82) is 0 Å². The predicted octanol–water partition coefficient (Wildman–Crippen LogP) is 3.10. The van der Waals surface area contributed by atoms with Crippen LogP contribution in [0.5, 0.6) is 11.5 Å². The lowest BCUT2D eigenvalue weighted by Crippen LogP contribution is -2.27. The van der Waals surface area contributed by atoms with Crippen LogP contribution in [0.3, 0.4) is 0 Å². The minimum atomic E-state index is -0.369. The molecule has 1 aromatic heterocycles. The first-order valence-corrected chi connectivity index (χ1v) is 9.80. The van der Waals surface area contributed by atoms with Crippen molar-refractivity contribution in [3.8, 4) is 11.5 Å². The van der Waals surface area contributed by atoms with Crippen molar-refractivity contribution in [2.24, 2.45) is 5.92 Å². The number of carbonyl (C=O) groups excluding carboxylic acids is 1. The Kier molecular flexibility index (Phi) is 6.54. The quantitative estimate of drug-likeness (QED) is 0.678. The molecule has 0 aliphatic heterocycles. The molecule has 28 heavy (non-hydrogen) atoms. The van der Waals surface area contributed by atoms with Crippen molar-refractivity contribution in [2.45, 2.75) is 51.5 Å². The van der Waals surface area contributed by atoms with Gasteiger partial charge in [-0.25, -0.2) is 4.79 Å². The van der Waals surface area contributed by atoms with Crippen LogP contribution in [-0.4, -0.2) is 36.8 Å². The van der Waals surface area contributed by atoms with Gasteiger partial charge in [-0.05, 0) is 24.5 Å². The maximum Gasteiger partial charge on any atom is 0.348 e. The Morgan fingerprint density at radius 2 is 1.89 bits per heavy atom. The summed E-state index contributed by atoms with van der Waals surface area (Å²) in [6.07, 6.45) is 6.87. The topological polar surface area (TPSA) is 79.7 Å². The number of ether oxygens (including phenoxy) is 3. The molecule has 1 aromatic carbocycles. The summed E-state index contributed by atoms with van der Waals surface area (Å²) >= 11 is 0. The van der Waals surface area contributed by atoms with Crippen LogP contribution in [0.2, 0.25) is 0 Å². The lowest BCUT2D eigenvalue weighted by Gasteiger charge is -2.23. The summed E-state index contributed by atoms with van der Waals surface area (Å²) in [5, 5.41) is 0.789. The first-order chi connectivity index (χ1) is 13.6. The number of esters is 1. The molecule has 1 fully saturated rings. The predicted molar refractivity (Wildman–Crippen MR) is 106 cm³/mol. The Labute approximate surface area is 164 Å². The second-order valence-electron chi connectivity index (χ2n) is 7.22. The van der Waals surface area contributed by atoms with E-state index in [-0.39, 0.29) is 24.6 Å². The third-order valence-electron chi connectivity index (χ3n) is 5.54. The molecule has 3 rings (SSSR count). The van der Waals surface area contributed by atoms with Crippen LogP contribution in [0, 0.1) is 5.92 Å². The number of nitrogens with zero attached hydrogens (tertiary/aromatic N) is 2. The smallest absolute Gasteiger partial charge is 0.348 e. The van der Waals surface area contributed by atoms with Crippen molar-refractivity contribution in [2.75, 3.05) is 21.3 Å². The average Bonchev–Trinajstić information content (AvgIpc) is 2.72. The molecule has 0 atom stereocenters. The van der Waals surface area contributed by atoms with Crippen molar-refractivity contribution in [3.63, 3.8) is 0 Å². The molecular formula is C21H28N2O5. The lowest BCUT2D eigenvalue weighted by molar-refractivity contribution is -0.140. The Hall–Kier alpha value is -2.57. The van der Waals surface area contributed by atoms with E-state index in [4.69, 9.17) is 14.2 Å². The highest BCUT2D eigenvalue weighted by atomic mass is 16.5. The molecule has 0 spiro atoms. The van der Waals surface area contributed by atoms with E-state index in [0.29, 0.717) is 22.9 Å². The van der Waals surface area contributed by atoms with E-state index in [2.05, 4.69) is 4.98 Å². The summed E-state index contributed by atoms with van der Waals surface area (Å²) in [6.45, 7) is 0.203. The Morgan fingerprint density at radius 1 is 1.14 bits per heavy atom. The van der Waals surface area contributed by atoms with Gasteiger partial charge in [0.25, 0.3) is 0 Å². The van der Waals surface area contributed by atoms with Crippen molar-refractivity contribution in [1.82, 2.24) is 9.55 Å². The molecule has 7 nitrogen and oxygen atoms in total. The summed E-state index contributed by atoms with van der Waals surface area (Å²) < 4.78 is 17.3. The van der Waals surface area contributed by atoms with Crippen LogP contribution in [-0.2, 0) is 22.5 Å². The fourth-order valence-corrected chi connectivity index (χ4v) is 4.09. The van der Waals surface area contributed by atoms with Crippen LogP contribution in [0.15, 0.2) is 16.9 Å². The van der Waals surface area contributed by atoms with E-state index in [9.17, 15) is 9.59 Å². The number of fused-ring (bicyclic) bond motifs is 1. The van der Waals surface area contributed by atoms with Crippen LogP contribution in [0.25, 0.3) is 10.9 Å². The summed E-state index contributed by atoms with van der Waals surface area (Å²) in [7, 11) is 4.51. The Bertz CT molecular complexity index is 900. The molecule has 1 aliphatic rings. The SMILES string of the molecule is COC(=O)CCn1c(=O)nc(CC2CCCCC2)c2c(OC)c(OC)ccc21. The van der Waals surface area contributed by atoms with Crippen LogP contribution in [0.1, 0.15) is 44.2 Å². The Morgan fingerprint density at radius 3 is 2.54 bits per heavy atom. The number of rotatable bonds is 7. The van der Waals surface area contributed by atoms with Gasteiger partial charge in [-0.1, -0.05) is 32.1 Å². The number of aromatic nitrogens is 2. The van der Waals surface area contributed by atoms with E-state index in [1.807, 2.05) is 6.07 Å². The molecule has 152 valence electrons. The van der Waals surface area contributed by atoms with E-state index >= 15 is 0 Å². The van der Waals surface area contributed by atoms with Gasteiger partial charge in [0, 0.05) is 6.54 Å². The van der Waals surface area contributed by atoms with Gasteiger partial charge in [-0.3, -0.25) is 9.36 Å². The highest BCUT2D eigenvalue weighted by Gasteiger charge is 2.22. The molecule has 0 N–H and O–H groups in total. The molecule has 7 heteroatoms. The maximum absolute atomic E-state index is 12.8. The third kappa shape index (κ3) is 4.13. The van der Waals surface area contributed by atoms with Crippen molar-refractivity contribution >= 4 is 16.9 Å². The van der Waals surface area contributed by atoms with Crippen molar-refractivity contribution in [3.05, 3.63) is 28.3 Å². The molecule has 2 aromatic rings. The normalized spacial score (nSPS) is 14.8. The number of methoxy groups -OCH3 is 3. The third-order valence-corrected chi connectivity index (χ3v) is 5.54. The minimum absolute atomic E-state index is 0.101. The number of hydrogen-bond donors (Lipinski definition) is 0. The molecule has 0 amide bonds. The second-order valence-corrected chi connectivity index (χ2v) is 7.22. The fourth-order valence-electron chi connectivity index (χ4n) is 4.09. The van der Waals surface area contributed by atoms with E-state index in [0.717, 1.165) is 30.3 Å². The first-order valence-electron chi connectivity index (χ1n) is 9.80. The zero-order valence-electron chi connectivity index (χ0n) is 16.8. The number of carbonyl (C=O) groups is 1. The molecule has 0 radical (unpaired) electrons. The monoisotopic (exact) mass is 388 g/mol. The van der Waals surface area contributed by atoms with Gasteiger partial charge in [0.15, 0.2) is 11.5 Å².